The van der Waals surface area contributed by atoms with Crippen molar-refractivity contribution >= 4 is 60.7 Å². The van der Waals surface area contributed by atoms with E-state index < -0.39 is 0 Å². The third-order valence-corrected chi connectivity index (χ3v) is 9.90. The Hall–Kier alpha value is -7.06. The second kappa shape index (κ2) is 13.6. The monoisotopic (exact) mass is 678 g/mol. The second-order valence-electron chi connectivity index (χ2n) is 13.2. The van der Waals surface area contributed by atoms with Crippen LogP contribution >= 0.6 is 0 Å². The highest BCUT2D eigenvalue weighted by molar-refractivity contribution is 6.19. The molecule has 0 aliphatic carbocycles. The van der Waals surface area contributed by atoms with Crippen molar-refractivity contribution in [3.05, 3.63) is 205 Å². The highest BCUT2D eigenvalue weighted by Crippen LogP contribution is 2.42. The Kier molecular flexibility index (Phi) is 8.17. The molecular formula is C50H34N2O. The lowest BCUT2D eigenvalue weighted by molar-refractivity contribution is 0.670. The van der Waals surface area contributed by atoms with Crippen LogP contribution in [0.3, 0.4) is 0 Å². The molecule has 0 aliphatic heterocycles. The molecule has 0 amide bonds. The SMILES string of the molecule is C=C=C(N=C(N=C(C)c1ccccc1)c1ccccc1)c1ccc(-c2ccc3c(c2)oc2c(-c4ccc5ccccc5c4)c4ccccc4cc23)cc1. The van der Waals surface area contributed by atoms with Crippen LogP contribution in [0.4, 0.5) is 0 Å². The zero-order chi connectivity index (χ0) is 35.7. The van der Waals surface area contributed by atoms with Gasteiger partial charge >= 0.3 is 0 Å². The number of hydrogen-bond acceptors (Lipinski definition) is 2. The van der Waals surface area contributed by atoms with E-state index in [9.17, 15) is 0 Å². The zero-order valence-corrected chi connectivity index (χ0v) is 29.3. The van der Waals surface area contributed by atoms with Crippen molar-refractivity contribution in [2.24, 2.45) is 9.98 Å². The van der Waals surface area contributed by atoms with Crippen molar-refractivity contribution in [1.29, 1.82) is 0 Å². The summed E-state index contributed by atoms with van der Waals surface area (Å²) in [5.74, 6) is 0.605. The maximum Gasteiger partial charge on any atom is 0.160 e. The average Bonchev–Trinajstić information content (AvgIpc) is 3.59. The van der Waals surface area contributed by atoms with Crippen LogP contribution in [-0.4, -0.2) is 11.5 Å². The fraction of sp³-hybridized carbons (Fsp3) is 0.0200. The van der Waals surface area contributed by atoms with Gasteiger partial charge in [0.25, 0.3) is 0 Å². The van der Waals surface area contributed by atoms with Crippen molar-refractivity contribution in [3.63, 3.8) is 0 Å². The number of hydrogen-bond donors (Lipinski definition) is 0. The van der Waals surface area contributed by atoms with Gasteiger partial charge in [-0.15, -0.1) is 5.73 Å². The summed E-state index contributed by atoms with van der Waals surface area (Å²) in [4.78, 5) is 9.96. The van der Waals surface area contributed by atoms with Crippen molar-refractivity contribution in [2.45, 2.75) is 6.92 Å². The van der Waals surface area contributed by atoms with Crippen molar-refractivity contribution in [3.8, 4) is 22.3 Å². The number of amidine groups is 1. The minimum absolute atomic E-state index is 0.605. The van der Waals surface area contributed by atoms with Crippen LogP contribution < -0.4 is 0 Å². The molecular weight excluding hydrogens is 645 g/mol. The number of furan rings is 1. The maximum absolute atomic E-state index is 6.80. The van der Waals surface area contributed by atoms with Crippen LogP contribution in [0.2, 0.25) is 0 Å². The molecule has 8 aromatic carbocycles. The van der Waals surface area contributed by atoms with Gasteiger partial charge in [-0.2, -0.15) is 0 Å². The quantitative estimate of drug-likeness (QED) is 0.0980. The van der Waals surface area contributed by atoms with E-state index in [0.717, 1.165) is 66.6 Å². The Balaban J connectivity index is 1.10. The normalized spacial score (nSPS) is 12.1. The molecule has 0 saturated heterocycles. The summed E-state index contributed by atoms with van der Waals surface area (Å²) in [5.41, 5.74) is 13.6. The average molecular weight is 679 g/mol. The lowest BCUT2D eigenvalue weighted by Gasteiger charge is -2.10. The third kappa shape index (κ3) is 6.06. The maximum atomic E-state index is 6.80. The second-order valence-corrected chi connectivity index (χ2v) is 13.2. The van der Waals surface area contributed by atoms with E-state index >= 15 is 0 Å². The topological polar surface area (TPSA) is 37.9 Å². The van der Waals surface area contributed by atoms with Gasteiger partial charge in [0, 0.05) is 33.2 Å². The fourth-order valence-electron chi connectivity index (χ4n) is 7.16. The summed E-state index contributed by atoms with van der Waals surface area (Å²) < 4.78 is 6.80. The molecule has 0 N–H and O–H groups in total. The summed E-state index contributed by atoms with van der Waals surface area (Å²) in [6.07, 6.45) is 0. The molecule has 0 bridgehead atoms. The van der Waals surface area contributed by atoms with Crippen molar-refractivity contribution in [1.82, 2.24) is 0 Å². The van der Waals surface area contributed by atoms with Gasteiger partial charge < -0.3 is 4.42 Å². The van der Waals surface area contributed by atoms with Crippen molar-refractivity contribution in [2.75, 3.05) is 0 Å². The summed E-state index contributed by atoms with van der Waals surface area (Å²) in [6, 6.07) is 61.0. The Labute approximate surface area is 308 Å². The minimum Gasteiger partial charge on any atom is -0.455 e. The summed E-state index contributed by atoms with van der Waals surface area (Å²) >= 11 is 0. The van der Waals surface area contributed by atoms with Gasteiger partial charge in [-0.25, -0.2) is 9.98 Å². The summed E-state index contributed by atoms with van der Waals surface area (Å²) in [6.45, 7) is 6.00. The lowest BCUT2D eigenvalue weighted by atomic mass is 9.93. The molecule has 3 nitrogen and oxygen atoms in total. The van der Waals surface area contributed by atoms with Gasteiger partial charge in [0.1, 0.15) is 16.9 Å². The molecule has 0 atom stereocenters. The summed E-state index contributed by atoms with van der Waals surface area (Å²) in [5, 5.41) is 7.00. The predicted octanol–water partition coefficient (Wildman–Crippen LogP) is 13.3. The van der Waals surface area contributed by atoms with Crippen LogP contribution in [0, 0.1) is 0 Å². The predicted molar refractivity (Wildman–Crippen MR) is 224 cm³/mol. The van der Waals surface area contributed by atoms with E-state index in [1.165, 1.54) is 21.5 Å². The number of fused-ring (bicyclic) bond motifs is 5. The van der Waals surface area contributed by atoms with Gasteiger partial charge in [0.2, 0.25) is 0 Å². The molecule has 250 valence electrons. The first-order chi connectivity index (χ1) is 26.1. The van der Waals surface area contributed by atoms with Crippen LogP contribution in [-0.2, 0) is 0 Å². The van der Waals surface area contributed by atoms with Crippen LogP contribution in [0.25, 0.3) is 71.4 Å². The molecule has 0 fully saturated rings. The molecule has 0 radical (unpaired) electrons. The number of rotatable bonds is 6. The number of nitrogens with zero attached hydrogens (tertiary/aromatic N) is 2. The number of aliphatic imine (C=N–C) groups is 2. The third-order valence-electron chi connectivity index (χ3n) is 9.90. The standard InChI is InChI=1S/C50H34N2O/c1-3-46(52-50(38-17-8-5-9-18-38)51-33(2)34-14-6-4-7-15-34)37-25-22-36(23-26-37)40-28-29-44-45-31-41-20-12-13-21-43(41)48(49(45)53-47(44)32-40)42-27-24-35-16-10-11-19-39(35)30-42/h4-32H,1H2,2H3. The largest absolute Gasteiger partial charge is 0.455 e. The summed E-state index contributed by atoms with van der Waals surface area (Å²) in [7, 11) is 0. The molecule has 0 unspecified atom stereocenters. The Bertz CT molecular complexity index is 2930. The van der Waals surface area contributed by atoms with Crippen molar-refractivity contribution < 1.29 is 4.42 Å². The first-order valence-corrected chi connectivity index (χ1v) is 17.8. The van der Waals surface area contributed by atoms with E-state index in [1.807, 2.05) is 55.5 Å². The molecule has 9 aromatic rings. The number of benzene rings is 8. The molecule has 1 aromatic heterocycles. The van der Waals surface area contributed by atoms with Crippen LogP contribution in [0.1, 0.15) is 23.6 Å². The fourth-order valence-corrected chi connectivity index (χ4v) is 7.16. The molecule has 3 heteroatoms. The van der Waals surface area contributed by atoms with Crippen LogP contribution in [0.5, 0.6) is 0 Å². The first kappa shape index (κ1) is 31.9. The van der Waals surface area contributed by atoms with Gasteiger partial charge in [-0.1, -0.05) is 158 Å². The van der Waals surface area contributed by atoms with Gasteiger partial charge in [-0.3, -0.25) is 0 Å². The Morgan fingerprint density at radius 3 is 1.89 bits per heavy atom. The van der Waals surface area contributed by atoms with E-state index in [1.54, 1.807) is 0 Å². The smallest absolute Gasteiger partial charge is 0.160 e. The highest BCUT2D eigenvalue weighted by Gasteiger charge is 2.17. The van der Waals surface area contributed by atoms with Gasteiger partial charge in [-0.05, 0) is 75.0 Å². The van der Waals surface area contributed by atoms with Crippen LogP contribution in [0.15, 0.2) is 203 Å². The molecule has 0 aliphatic rings. The Morgan fingerprint density at radius 2 is 1.13 bits per heavy atom. The van der Waals surface area contributed by atoms with Gasteiger partial charge in [0.15, 0.2) is 5.84 Å². The van der Waals surface area contributed by atoms with E-state index in [-0.39, 0.29) is 0 Å². The molecule has 0 spiro atoms. The lowest BCUT2D eigenvalue weighted by Crippen LogP contribution is -2.04. The van der Waals surface area contributed by atoms with Gasteiger partial charge in [0.05, 0.1) is 0 Å². The van der Waals surface area contributed by atoms with E-state index in [2.05, 4.69) is 140 Å². The van der Waals surface area contributed by atoms with E-state index in [4.69, 9.17) is 14.4 Å². The highest BCUT2D eigenvalue weighted by atomic mass is 16.3. The first-order valence-electron chi connectivity index (χ1n) is 17.8. The molecule has 0 saturated carbocycles. The Morgan fingerprint density at radius 1 is 0.491 bits per heavy atom. The van der Waals surface area contributed by atoms with E-state index in [0.29, 0.717) is 11.5 Å². The molecule has 9 rings (SSSR count). The minimum atomic E-state index is 0.605. The molecule has 53 heavy (non-hydrogen) atoms. The molecule has 1 heterocycles. The zero-order valence-electron chi connectivity index (χ0n) is 29.3.